The van der Waals surface area contributed by atoms with Gasteiger partial charge in [-0.3, -0.25) is 0 Å². The zero-order valence-electron chi connectivity index (χ0n) is 14.4. The van der Waals surface area contributed by atoms with E-state index in [0.29, 0.717) is 0 Å². The topological polar surface area (TPSA) is 15.5 Å². The molecule has 1 aliphatic heterocycles. The summed E-state index contributed by atoms with van der Waals surface area (Å²) in [6.07, 6.45) is 3.52. The van der Waals surface area contributed by atoms with Crippen molar-refractivity contribution in [1.29, 1.82) is 0 Å². The smallest absolute Gasteiger partial charge is 0.369 e. The van der Waals surface area contributed by atoms with E-state index in [9.17, 15) is 0 Å². The molecule has 0 aliphatic carbocycles. The molecule has 0 saturated heterocycles. The maximum atomic E-state index is 5.45. The summed E-state index contributed by atoms with van der Waals surface area (Å²) in [6.45, 7) is 9.28. The van der Waals surface area contributed by atoms with Gasteiger partial charge < -0.3 is 4.74 Å². The van der Waals surface area contributed by atoms with E-state index in [1.54, 1.807) is 7.11 Å². The van der Waals surface area contributed by atoms with E-state index in [0.717, 1.165) is 25.4 Å². The van der Waals surface area contributed by atoms with E-state index in [-0.39, 0.29) is 0 Å². The van der Waals surface area contributed by atoms with E-state index >= 15 is 0 Å². The lowest BCUT2D eigenvalue weighted by Gasteiger charge is -2.12. The third-order valence-corrected chi connectivity index (χ3v) is 4.31. The van der Waals surface area contributed by atoms with Crippen molar-refractivity contribution in [2.45, 2.75) is 27.3 Å². The van der Waals surface area contributed by atoms with E-state index < -0.39 is 0 Å². The lowest BCUT2D eigenvalue weighted by Crippen LogP contribution is -2.20. The van der Waals surface area contributed by atoms with Crippen molar-refractivity contribution in [2.24, 2.45) is 0 Å². The first-order valence-corrected chi connectivity index (χ1v) is 8.07. The van der Waals surface area contributed by atoms with Crippen molar-refractivity contribution in [1.82, 2.24) is 0 Å². The molecule has 3 rings (SSSR count). The van der Waals surface area contributed by atoms with Gasteiger partial charge in [-0.25, -0.2) is 9.48 Å². The standard InChI is InChI=1S/C20H24N2O/c1-15-11-16(2)20(17(3)12-15)22-10-9-21(14-22)13-18-7-5-6-8-19(18)23-4/h5-8,11-12H,9-10,13H2,1-4H3/q+1. The lowest BCUT2D eigenvalue weighted by molar-refractivity contribution is -0.530. The normalized spacial score (nSPS) is 14.1. The minimum Gasteiger partial charge on any atom is -0.496 e. The summed E-state index contributed by atoms with van der Waals surface area (Å²) in [5.74, 6) is 0.940. The average Bonchev–Trinajstić information content (AvgIpc) is 2.95. The molecule has 0 atom stereocenters. The molecule has 0 aromatic heterocycles. The van der Waals surface area contributed by atoms with Gasteiger partial charge in [-0.15, -0.1) is 0 Å². The third-order valence-electron chi connectivity index (χ3n) is 4.31. The minimum atomic E-state index is 0.824. The molecule has 0 amide bonds. The first kappa shape index (κ1) is 15.6. The van der Waals surface area contributed by atoms with Crippen molar-refractivity contribution < 1.29 is 9.31 Å². The number of para-hydroxylation sites is 1. The molecule has 0 spiro atoms. The van der Waals surface area contributed by atoms with Crippen molar-refractivity contribution in [3.8, 4) is 5.75 Å². The number of aryl methyl sites for hydroxylation is 3. The number of anilines is 1. The number of hydrogen-bond acceptors (Lipinski definition) is 2. The van der Waals surface area contributed by atoms with Crippen LogP contribution in [0.5, 0.6) is 5.75 Å². The summed E-state index contributed by atoms with van der Waals surface area (Å²) in [4.78, 5) is 2.25. The van der Waals surface area contributed by atoms with Crippen LogP contribution in [0.15, 0.2) is 36.4 Å². The SMILES string of the molecule is COc1ccccc1C[N+]1=[C]N(c2c(C)cc(C)cc2C)CC1. The Morgan fingerprint density at radius 3 is 2.52 bits per heavy atom. The molecule has 0 unspecified atom stereocenters. The van der Waals surface area contributed by atoms with Crippen LogP contribution in [-0.2, 0) is 6.54 Å². The third kappa shape index (κ3) is 3.24. The van der Waals surface area contributed by atoms with Gasteiger partial charge in [-0.1, -0.05) is 35.9 Å². The van der Waals surface area contributed by atoms with Gasteiger partial charge in [-0.05, 0) is 38.0 Å². The number of nitrogens with zero attached hydrogens (tertiary/aromatic N) is 2. The predicted molar refractivity (Wildman–Crippen MR) is 94.8 cm³/mol. The lowest BCUT2D eigenvalue weighted by atomic mass is 10.0. The molecule has 1 aliphatic rings. The summed E-state index contributed by atoms with van der Waals surface area (Å²) >= 11 is 0. The van der Waals surface area contributed by atoms with Gasteiger partial charge in [0.15, 0.2) is 0 Å². The Kier molecular flexibility index (Phi) is 4.37. The summed E-state index contributed by atoms with van der Waals surface area (Å²) in [5, 5.41) is 0. The van der Waals surface area contributed by atoms with E-state index in [1.807, 2.05) is 12.1 Å². The van der Waals surface area contributed by atoms with Crippen molar-refractivity contribution in [3.63, 3.8) is 0 Å². The van der Waals surface area contributed by atoms with Crippen LogP contribution >= 0.6 is 0 Å². The van der Waals surface area contributed by atoms with Crippen molar-refractivity contribution >= 4 is 12.0 Å². The van der Waals surface area contributed by atoms with Gasteiger partial charge in [0.25, 0.3) is 0 Å². The van der Waals surface area contributed by atoms with Crippen molar-refractivity contribution in [2.75, 3.05) is 25.1 Å². The summed E-state index contributed by atoms with van der Waals surface area (Å²) in [7, 11) is 1.72. The molecule has 0 saturated carbocycles. The Morgan fingerprint density at radius 1 is 1.13 bits per heavy atom. The molecule has 3 heteroatoms. The number of rotatable bonds is 4. The highest BCUT2D eigenvalue weighted by molar-refractivity contribution is 5.81. The summed E-state index contributed by atoms with van der Waals surface area (Å²) in [6, 6.07) is 12.7. The van der Waals surface area contributed by atoms with Gasteiger partial charge in [-0.2, -0.15) is 0 Å². The van der Waals surface area contributed by atoms with Crippen LogP contribution in [0, 0.1) is 20.8 Å². The molecule has 0 bridgehead atoms. The summed E-state index contributed by atoms with van der Waals surface area (Å²) < 4.78 is 7.68. The molecule has 1 heterocycles. The average molecular weight is 308 g/mol. The molecular weight excluding hydrogens is 284 g/mol. The first-order valence-electron chi connectivity index (χ1n) is 8.07. The van der Waals surface area contributed by atoms with Crippen LogP contribution < -0.4 is 9.64 Å². The first-order chi connectivity index (χ1) is 11.1. The number of ether oxygens (including phenoxy) is 1. The zero-order valence-corrected chi connectivity index (χ0v) is 14.4. The van der Waals surface area contributed by atoms with Crippen LogP contribution in [0.3, 0.4) is 0 Å². The minimum absolute atomic E-state index is 0.824. The van der Waals surface area contributed by atoms with Gasteiger partial charge in [0.05, 0.1) is 7.11 Å². The zero-order chi connectivity index (χ0) is 16.4. The van der Waals surface area contributed by atoms with Gasteiger partial charge in [0, 0.05) is 5.56 Å². The molecular formula is C20H24N2O+. The molecule has 2 aromatic carbocycles. The van der Waals surface area contributed by atoms with Gasteiger partial charge >= 0.3 is 6.34 Å². The Morgan fingerprint density at radius 2 is 1.83 bits per heavy atom. The molecule has 3 nitrogen and oxygen atoms in total. The molecule has 1 radical (unpaired) electrons. The van der Waals surface area contributed by atoms with Gasteiger partial charge in [0.1, 0.15) is 31.1 Å². The van der Waals surface area contributed by atoms with Gasteiger partial charge in [0.2, 0.25) is 0 Å². The van der Waals surface area contributed by atoms with Crippen LogP contribution in [0.25, 0.3) is 0 Å². The Labute approximate surface area is 138 Å². The fourth-order valence-electron chi connectivity index (χ4n) is 3.41. The Bertz CT molecular complexity index is 726. The monoisotopic (exact) mass is 308 g/mol. The Balaban J connectivity index is 1.84. The fourth-order valence-corrected chi connectivity index (χ4v) is 3.41. The maximum Gasteiger partial charge on any atom is 0.369 e. The summed E-state index contributed by atoms with van der Waals surface area (Å²) in [5.41, 5.74) is 6.43. The van der Waals surface area contributed by atoms with E-state index in [2.05, 4.69) is 60.9 Å². The fraction of sp³-hybridized carbons (Fsp3) is 0.350. The van der Waals surface area contributed by atoms with Crippen LogP contribution in [0.2, 0.25) is 0 Å². The maximum absolute atomic E-state index is 5.45. The number of methoxy groups -OCH3 is 1. The number of hydrogen-bond donors (Lipinski definition) is 0. The quantitative estimate of drug-likeness (QED) is 0.803. The highest BCUT2D eigenvalue weighted by atomic mass is 16.5. The molecule has 0 N–H and O–H groups in total. The highest BCUT2D eigenvalue weighted by Gasteiger charge is 2.26. The second-order valence-corrected chi connectivity index (χ2v) is 6.23. The largest absolute Gasteiger partial charge is 0.496 e. The van der Waals surface area contributed by atoms with E-state index in [4.69, 9.17) is 4.74 Å². The number of benzene rings is 2. The van der Waals surface area contributed by atoms with Crippen LogP contribution in [0.4, 0.5) is 5.69 Å². The van der Waals surface area contributed by atoms with Crippen LogP contribution in [-0.4, -0.2) is 31.1 Å². The highest BCUT2D eigenvalue weighted by Crippen LogP contribution is 2.27. The molecule has 2 aromatic rings. The second-order valence-electron chi connectivity index (χ2n) is 6.23. The second kappa shape index (κ2) is 6.45. The van der Waals surface area contributed by atoms with E-state index in [1.165, 1.54) is 27.9 Å². The molecule has 119 valence electrons. The Hall–Kier alpha value is -2.29. The molecule has 0 fully saturated rings. The van der Waals surface area contributed by atoms with Crippen molar-refractivity contribution in [3.05, 3.63) is 58.7 Å². The van der Waals surface area contributed by atoms with Crippen LogP contribution in [0.1, 0.15) is 22.3 Å². The predicted octanol–water partition coefficient (Wildman–Crippen LogP) is 3.56. The molecule has 23 heavy (non-hydrogen) atoms.